The van der Waals surface area contributed by atoms with Crippen LogP contribution in [0.2, 0.25) is 0 Å². The summed E-state index contributed by atoms with van der Waals surface area (Å²) in [6.45, 7) is 5.76. The smallest absolute Gasteiger partial charge is 0.337 e. The molecular formula is C15H18N2O4. The van der Waals surface area contributed by atoms with Crippen LogP contribution in [-0.4, -0.2) is 20.6 Å². The van der Waals surface area contributed by atoms with Crippen LogP contribution in [-0.2, 0) is 5.54 Å². The number of carbonyl (C=O) groups is 1. The number of carboxylic acid groups (broad SMARTS) is 1. The van der Waals surface area contributed by atoms with Gasteiger partial charge >= 0.3 is 17.1 Å². The molecule has 6 heteroatoms. The lowest BCUT2D eigenvalue weighted by atomic mass is 9.94. The van der Waals surface area contributed by atoms with E-state index in [0.29, 0.717) is 18.4 Å². The van der Waals surface area contributed by atoms with E-state index in [0.717, 1.165) is 0 Å². The fourth-order valence-corrected chi connectivity index (χ4v) is 2.52. The molecule has 0 aliphatic carbocycles. The number of benzene rings is 1. The van der Waals surface area contributed by atoms with Crippen molar-refractivity contribution >= 4 is 17.0 Å². The summed E-state index contributed by atoms with van der Waals surface area (Å²) in [5, 5.41) is 9.24. The highest BCUT2D eigenvalue weighted by atomic mass is 16.4. The summed E-state index contributed by atoms with van der Waals surface area (Å²) in [5.41, 5.74) is -1.40. The number of aromatic carboxylic acids is 1. The van der Waals surface area contributed by atoms with Crippen molar-refractivity contribution in [2.75, 3.05) is 0 Å². The molecule has 1 aromatic carbocycles. The Balaban J connectivity index is 3.04. The van der Waals surface area contributed by atoms with Gasteiger partial charge in [0.2, 0.25) is 0 Å². The molecule has 1 heterocycles. The average molecular weight is 290 g/mol. The second-order valence-corrected chi connectivity index (χ2v) is 5.30. The molecule has 0 saturated heterocycles. The first-order chi connectivity index (χ1) is 9.85. The number of hydrogen-bond acceptors (Lipinski definition) is 3. The second kappa shape index (κ2) is 5.20. The van der Waals surface area contributed by atoms with Crippen LogP contribution in [0.5, 0.6) is 0 Å². The van der Waals surface area contributed by atoms with E-state index in [2.05, 4.69) is 4.98 Å². The van der Waals surface area contributed by atoms with Crippen molar-refractivity contribution in [3.05, 3.63) is 44.5 Å². The molecule has 2 aromatic rings. The van der Waals surface area contributed by atoms with E-state index in [1.54, 1.807) is 12.1 Å². The summed E-state index contributed by atoms with van der Waals surface area (Å²) in [6.07, 6.45) is 1.30. The maximum Gasteiger partial charge on any atom is 0.337 e. The molecule has 0 aliphatic heterocycles. The Kier molecular flexibility index (Phi) is 3.72. The number of nitrogens with zero attached hydrogens (tertiary/aromatic N) is 1. The molecule has 0 unspecified atom stereocenters. The molecule has 0 radical (unpaired) electrons. The van der Waals surface area contributed by atoms with Crippen LogP contribution in [0, 0.1) is 0 Å². The van der Waals surface area contributed by atoms with Gasteiger partial charge in [-0.3, -0.25) is 14.2 Å². The number of nitrogens with one attached hydrogen (secondary N) is 1. The predicted molar refractivity (Wildman–Crippen MR) is 80.0 cm³/mol. The van der Waals surface area contributed by atoms with Gasteiger partial charge in [-0.2, -0.15) is 0 Å². The second-order valence-electron chi connectivity index (χ2n) is 5.30. The average Bonchev–Trinajstić information content (AvgIpc) is 2.47. The number of fused-ring (bicyclic) bond motifs is 1. The molecule has 0 bridgehead atoms. The normalized spacial score (nSPS) is 11.8. The summed E-state index contributed by atoms with van der Waals surface area (Å²) in [6, 6.07) is 4.64. The summed E-state index contributed by atoms with van der Waals surface area (Å²) < 4.78 is 1.42. The van der Waals surface area contributed by atoms with Crippen molar-refractivity contribution in [1.29, 1.82) is 0 Å². The zero-order valence-electron chi connectivity index (χ0n) is 12.3. The minimum absolute atomic E-state index is 0.0205. The van der Waals surface area contributed by atoms with Gasteiger partial charge in [-0.15, -0.1) is 0 Å². The van der Waals surface area contributed by atoms with Gasteiger partial charge in [0.25, 0.3) is 0 Å². The zero-order valence-corrected chi connectivity index (χ0v) is 12.3. The first-order valence-electron chi connectivity index (χ1n) is 6.87. The highest BCUT2D eigenvalue weighted by molar-refractivity contribution is 6.00. The molecule has 0 fully saturated rings. The van der Waals surface area contributed by atoms with Crippen molar-refractivity contribution in [3.8, 4) is 0 Å². The lowest BCUT2D eigenvalue weighted by Gasteiger charge is -2.30. The summed E-state index contributed by atoms with van der Waals surface area (Å²) in [5.74, 6) is -1.14. The monoisotopic (exact) mass is 290 g/mol. The standard InChI is InChI=1S/C15H18N2O4/c1-4-15(3,5-2)17-10-8-6-7-9(14(20)21)11(10)16-12(18)13(17)19/h6-8H,4-5H2,1-3H3,(H,16,18)(H,20,21). The van der Waals surface area contributed by atoms with Crippen LogP contribution in [0.15, 0.2) is 27.8 Å². The number of carboxylic acids is 1. The Morgan fingerprint density at radius 2 is 1.90 bits per heavy atom. The fraction of sp³-hybridized carbons (Fsp3) is 0.400. The van der Waals surface area contributed by atoms with Crippen LogP contribution in [0.4, 0.5) is 0 Å². The molecule has 2 N–H and O–H groups in total. The van der Waals surface area contributed by atoms with Gasteiger partial charge in [-0.05, 0) is 31.9 Å². The third-order valence-electron chi connectivity index (χ3n) is 4.21. The summed E-state index contributed by atoms with van der Waals surface area (Å²) in [7, 11) is 0. The van der Waals surface area contributed by atoms with Gasteiger partial charge in [0.15, 0.2) is 0 Å². The minimum Gasteiger partial charge on any atom is -0.478 e. The molecule has 6 nitrogen and oxygen atoms in total. The molecular weight excluding hydrogens is 272 g/mol. The molecule has 0 aliphatic rings. The number of rotatable bonds is 4. The molecule has 2 rings (SSSR count). The topological polar surface area (TPSA) is 92.2 Å². The first kappa shape index (κ1) is 15.0. The molecule has 0 spiro atoms. The zero-order chi connectivity index (χ0) is 15.8. The van der Waals surface area contributed by atoms with Gasteiger partial charge < -0.3 is 10.1 Å². The van der Waals surface area contributed by atoms with Gasteiger partial charge in [0.05, 0.1) is 16.6 Å². The SMILES string of the molecule is CCC(C)(CC)n1c(=O)c(=O)[nH]c2c(C(=O)O)cccc21. The van der Waals surface area contributed by atoms with Gasteiger partial charge in [-0.1, -0.05) is 19.9 Å². The largest absolute Gasteiger partial charge is 0.478 e. The van der Waals surface area contributed by atoms with Crippen molar-refractivity contribution in [3.63, 3.8) is 0 Å². The highest BCUT2D eigenvalue weighted by Crippen LogP contribution is 2.26. The minimum atomic E-state index is -1.14. The van der Waals surface area contributed by atoms with Crippen LogP contribution in [0.25, 0.3) is 11.0 Å². The summed E-state index contributed by atoms with van der Waals surface area (Å²) in [4.78, 5) is 37.9. The quantitative estimate of drug-likeness (QED) is 0.841. The van der Waals surface area contributed by atoms with Crippen molar-refractivity contribution in [1.82, 2.24) is 9.55 Å². The Labute approximate surface area is 121 Å². The van der Waals surface area contributed by atoms with Crippen molar-refractivity contribution in [2.24, 2.45) is 0 Å². The van der Waals surface area contributed by atoms with E-state index < -0.39 is 22.6 Å². The number of H-pyrrole nitrogens is 1. The fourth-order valence-electron chi connectivity index (χ4n) is 2.52. The summed E-state index contributed by atoms with van der Waals surface area (Å²) >= 11 is 0. The highest BCUT2D eigenvalue weighted by Gasteiger charge is 2.27. The number of para-hydroxylation sites is 1. The number of hydrogen-bond donors (Lipinski definition) is 2. The van der Waals surface area contributed by atoms with Crippen LogP contribution in [0.1, 0.15) is 44.0 Å². The third-order valence-corrected chi connectivity index (χ3v) is 4.21. The molecule has 0 amide bonds. The van der Waals surface area contributed by atoms with Crippen LogP contribution < -0.4 is 11.1 Å². The van der Waals surface area contributed by atoms with Crippen LogP contribution >= 0.6 is 0 Å². The van der Waals surface area contributed by atoms with Gasteiger partial charge in [-0.25, -0.2) is 4.79 Å². The van der Waals surface area contributed by atoms with E-state index in [1.165, 1.54) is 10.6 Å². The lowest BCUT2D eigenvalue weighted by molar-refractivity contribution is 0.0698. The third kappa shape index (κ3) is 2.26. The van der Waals surface area contributed by atoms with E-state index in [-0.39, 0.29) is 11.1 Å². The Hall–Kier alpha value is -2.37. The molecule has 0 atom stereocenters. The molecule has 21 heavy (non-hydrogen) atoms. The van der Waals surface area contributed by atoms with Crippen molar-refractivity contribution in [2.45, 2.75) is 39.2 Å². The number of aromatic amines is 1. The Bertz CT molecular complexity index is 813. The van der Waals surface area contributed by atoms with E-state index in [4.69, 9.17) is 0 Å². The predicted octanol–water partition coefficient (Wildman–Crippen LogP) is 1.92. The van der Waals surface area contributed by atoms with E-state index in [1.807, 2.05) is 20.8 Å². The Morgan fingerprint density at radius 1 is 1.29 bits per heavy atom. The first-order valence-corrected chi connectivity index (χ1v) is 6.87. The molecule has 0 saturated carbocycles. The number of aromatic nitrogens is 2. The maximum atomic E-state index is 12.3. The van der Waals surface area contributed by atoms with Crippen LogP contribution in [0.3, 0.4) is 0 Å². The van der Waals surface area contributed by atoms with E-state index >= 15 is 0 Å². The van der Waals surface area contributed by atoms with Gasteiger partial charge in [0, 0.05) is 5.54 Å². The Morgan fingerprint density at radius 3 is 2.43 bits per heavy atom. The van der Waals surface area contributed by atoms with E-state index in [9.17, 15) is 19.5 Å². The maximum absolute atomic E-state index is 12.3. The van der Waals surface area contributed by atoms with Crippen molar-refractivity contribution < 1.29 is 9.90 Å². The lowest BCUT2D eigenvalue weighted by Crippen LogP contribution is -2.45. The molecule has 112 valence electrons. The molecule has 1 aromatic heterocycles. The van der Waals surface area contributed by atoms with Gasteiger partial charge in [0.1, 0.15) is 0 Å².